The Bertz CT molecular complexity index is 330. The number of hydrogen-bond acceptors (Lipinski definition) is 0. The Morgan fingerprint density at radius 2 is 1.72 bits per heavy atom. The molecule has 0 aromatic heterocycles. The van der Waals surface area contributed by atoms with Crippen molar-refractivity contribution >= 4 is 0 Å². The smallest absolute Gasteiger partial charge is 0.00736 e. The van der Waals surface area contributed by atoms with Crippen molar-refractivity contribution in [1.82, 2.24) is 0 Å². The Hall–Kier alpha value is -1.04. The van der Waals surface area contributed by atoms with E-state index in [2.05, 4.69) is 43.8 Å². The van der Waals surface area contributed by atoms with Gasteiger partial charge in [-0.1, -0.05) is 76.1 Å². The van der Waals surface area contributed by atoms with Crippen LogP contribution in [-0.2, 0) is 0 Å². The lowest BCUT2D eigenvalue weighted by molar-refractivity contribution is 0.471. The lowest BCUT2D eigenvalue weighted by Crippen LogP contribution is -2.11. The summed E-state index contributed by atoms with van der Waals surface area (Å²) in [5.74, 6) is 1.45. The largest absolute Gasteiger partial charge is 0.0992 e. The molecule has 1 atom stereocenters. The summed E-state index contributed by atoms with van der Waals surface area (Å²) in [4.78, 5) is 0. The molecule has 1 aromatic rings. The van der Waals surface area contributed by atoms with Crippen LogP contribution in [0.25, 0.3) is 0 Å². The van der Waals surface area contributed by atoms with Gasteiger partial charge in [-0.3, -0.25) is 0 Å². The van der Waals surface area contributed by atoms with E-state index in [4.69, 9.17) is 0 Å². The van der Waals surface area contributed by atoms with Gasteiger partial charge in [-0.25, -0.2) is 0 Å². The van der Waals surface area contributed by atoms with E-state index in [1.165, 1.54) is 36.8 Å². The molecule has 1 unspecified atom stereocenters. The lowest BCUT2D eigenvalue weighted by atomic mass is 9.79. The van der Waals surface area contributed by atoms with Gasteiger partial charge < -0.3 is 0 Å². The fraction of sp³-hybridized carbons (Fsp3) is 0.556. The molecule has 0 heteroatoms. The van der Waals surface area contributed by atoms with Crippen molar-refractivity contribution in [3.63, 3.8) is 0 Å². The zero-order chi connectivity index (χ0) is 13.4. The van der Waals surface area contributed by atoms with E-state index in [0.29, 0.717) is 5.92 Å². The molecule has 1 aromatic carbocycles. The zero-order valence-corrected chi connectivity index (χ0v) is 12.3. The average Bonchev–Trinajstić information content (AvgIpc) is 2.96. The fourth-order valence-corrected chi connectivity index (χ4v) is 3.01. The Balaban J connectivity index is 0.000000771. The highest BCUT2D eigenvalue weighted by atomic mass is 14.3. The van der Waals surface area contributed by atoms with Crippen LogP contribution < -0.4 is 0 Å². The lowest BCUT2D eigenvalue weighted by Gasteiger charge is -2.25. The molecule has 1 aliphatic rings. The third kappa shape index (κ3) is 3.73. The van der Waals surface area contributed by atoms with E-state index in [9.17, 15) is 0 Å². The van der Waals surface area contributed by atoms with Gasteiger partial charge in [0.1, 0.15) is 0 Å². The molecule has 1 aliphatic carbocycles. The summed E-state index contributed by atoms with van der Waals surface area (Å²) in [6, 6.07) is 10.9. The molecule has 0 saturated heterocycles. The van der Waals surface area contributed by atoms with Crippen LogP contribution in [0.15, 0.2) is 42.5 Å². The minimum Gasteiger partial charge on any atom is -0.0992 e. The van der Waals surface area contributed by atoms with Gasteiger partial charge >= 0.3 is 0 Å². The fourth-order valence-electron chi connectivity index (χ4n) is 3.01. The molecule has 1 fully saturated rings. The van der Waals surface area contributed by atoms with Gasteiger partial charge in [-0.15, -0.1) is 0 Å². The number of allylic oxidation sites excluding steroid dienone is 1. The molecule has 2 rings (SSSR count). The van der Waals surface area contributed by atoms with Crippen LogP contribution in [0.2, 0.25) is 0 Å². The third-order valence-corrected chi connectivity index (χ3v) is 3.92. The molecule has 0 nitrogen and oxygen atoms in total. The quantitative estimate of drug-likeness (QED) is 0.574. The molecule has 0 aliphatic heterocycles. The maximum atomic E-state index is 4.29. The molecule has 0 bridgehead atoms. The van der Waals surface area contributed by atoms with E-state index in [1.54, 1.807) is 0 Å². The van der Waals surface area contributed by atoms with Crippen molar-refractivity contribution in [1.29, 1.82) is 0 Å². The van der Waals surface area contributed by atoms with Gasteiger partial charge in [0.15, 0.2) is 0 Å². The highest BCUT2D eigenvalue weighted by Crippen LogP contribution is 2.41. The van der Waals surface area contributed by atoms with Gasteiger partial charge in [-0.05, 0) is 30.7 Å². The zero-order valence-electron chi connectivity index (χ0n) is 12.3. The Morgan fingerprint density at radius 1 is 1.17 bits per heavy atom. The third-order valence-electron chi connectivity index (χ3n) is 3.92. The minimum absolute atomic E-state index is 0.605. The van der Waals surface area contributed by atoms with Crippen molar-refractivity contribution in [3.8, 4) is 0 Å². The van der Waals surface area contributed by atoms with E-state index in [0.717, 1.165) is 12.3 Å². The maximum absolute atomic E-state index is 4.29. The predicted molar refractivity (Wildman–Crippen MR) is 81.9 cm³/mol. The first kappa shape index (κ1) is 15.0. The van der Waals surface area contributed by atoms with Crippen molar-refractivity contribution in [2.75, 3.05) is 0 Å². The Labute approximate surface area is 113 Å². The van der Waals surface area contributed by atoms with Gasteiger partial charge in [-0.2, -0.15) is 0 Å². The average molecular weight is 244 g/mol. The summed E-state index contributed by atoms with van der Waals surface area (Å²) >= 11 is 0. The molecule has 0 spiro atoms. The Morgan fingerprint density at radius 3 is 2.22 bits per heavy atom. The van der Waals surface area contributed by atoms with Gasteiger partial charge in [0.25, 0.3) is 0 Å². The first-order valence-electron chi connectivity index (χ1n) is 7.55. The monoisotopic (exact) mass is 244 g/mol. The van der Waals surface area contributed by atoms with Crippen molar-refractivity contribution in [2.24, 2.45) is 5.92 Å². The van der Waals surface area contributed by atoms with Crippen LogP contribution >= 0.6 is 0 Å². The van der Waals surface area contributed by atoms with E-state index in [-0.39, 0.29) is 0 Å². The SMILES string of the molecule is C=C(CC)C(c1ccccc1)C1CCCC1.CC. The van der Waals surface area contributed by atoms with Crippen LogP contribution in [0, 0.1) is 5.92 Å². The summed E-state index contributed by atoms with van der Waals surface area (Å²) in [6.45, 7) is 10.5. The second-order valence-corrected chi connectivity index (χ2v) is 4.94. The molecule has 0 N–H and O–H groups in total. The standard InChI is InChI=1S/C16H22.C2H6/c1-3-13(2)16(15-11-7-8-12-15)14-9-5-4-6-10-14;1-2/h4-6,9-10,15-16H,2-3,7-8,11-12H2,1H3;1-2H3. The molecule has 18 heavy (non-hydrogen) atoms. The van der Waals surface area contributed by atoms with Crippen LogP contribution in [0.1, 0.15) is 64.4 Å². The molecule has 1 saturated carbocycles. The topological polar surface area (TPSA) is 0 Å². The second-order valence-electron chi connectivity index (χ2n) is 4.94. The van der Waals surface area contributed by atoms with Gasteiger partial charge in [0, 0.05) is 5.92 Å². The summed E-state index contributed by atoms with van der Waals surface area (Å²) in [5, 5.41) is 0. The van der Waals surface area contributed by atoms with E-state index in [1.807, 2.05) is 13.8 Å². The maximum Gasteiger partial charge on any atom is 0.00736 e. The Kier molecular flexibility index (Phi) is 6.78. The van der Waals surface area contributed by atoms with Crippen molar-refractivity contribution in [2.45, 2.75) is 58.8 Å². The van der Waals surface area contributed by atoms with Crippen LogP contribution in [0.5, 0.6) is 0 Å². The van der Waals surface area contributed by atoms with Crippen LogP contribution in [0.3, 0.4) is 0 Å². The normalized spacial score (nSPS) is 16.8. The second kappa shape index (κ2) is 8.13. The summed E-state index contributed by atoms with van der Waals surface area (Å²) < 4.78 is 0. The van der Waals surface area contributed by atoms with E-state index < -0.39 is 0 Å². The minimum atomic E-state index is 0.605. The van der Waals surface area contributed by atoms with E-state index >= 15 is 0 Å². The van der Waals surface area contributed by atoms with Gasteiger partial charge in [0.05, 0.1) is 0 Å². The number of hydrogen-bond donors (Lipinski definition) is 0. The highest BCUT2D eigenvalue weighted by Gasteiger charge is 2.27. The number of rotatable bonds is 4. The molecule has 0 heterocycles. The van der Waals surface area contributed by atoms with Crippen LogP contribution in [-0.4, -0.2) is 0 Å². The molecular weight excluding hydrogens is 216 g/mol. The summed E-state index contributed by atoms with van der Waals surface area (Å²) in [7, 11) is 0. The predicted octanol–water partition coefficient (Wildman–Crippen LogP) is 5.95. The summed E-state index contributed by atoms with van der Waals surface area (Å²) in [6.07, 6.45) is 6.70. The first-order valence-corrected chi connectivity index (χ1v) is 7.55. The molecule has 0 amide bonds. The van der Waals surface area contributed by atoms with Crippen LogP contribution in [0.4, 0.5) is 0 Å². The first-order chi connectivity index (χ1) is 8.83. The van der Waals surface area contributed by atoms with Crippen molar-refractivity contribution < 1.29 is 0 Å². The highest BCUT2D eigenvalue weighted by molar-refractivity contribution is 5.28. The molecule has 0 radical (unpaired) electrons. The molecule has 100 valence electrons. The van der Waals surface area contributed by atoms with Gasteiger partial charge in [0.2, 0.25) is 0 Å². The van der Waals surface area contributed by atoms with Crippen molar-refractivity contribution in [3.05, 3.63) is 48.0 Å². The molecular formula is C18H28. The number of benzene rings is 1. The summed E-state index contributed by atoms with van der Waals surface area (Å²) in [5.41, 5.74) is 2.89.